The van der Waals surface area contributed by atoms with Gasteiger partial charge in [0.05, 0.1) is 0 Å². The molecule has 0 spiro atoms. The van der Waals surface area contributed by atoms with E-state index in [4.69, 9.17) is 9.47 Å². The molecule has 146 valence electrons. The Morgan fingerprint density at radius 3 is 2.54 bits per heavy atom. The summed E-state index contributed by atoms with van der Waals surface area (Å²) < 4.78 is 10.7. The molecule has 1 aromatic carbocycles. The van der Waals surface area contributed by atoms with Gasteiger partial charge in [0, 0.05) is 46.3 Å². The van der Waals surface area contributed by atoms with Crippen LogP contribution in [0.1, 0.15) is 44.1 Å². The van der Waals surface area contributed by atoms with Crippen molar-refractivity contribution >= 4 is 5.91 Å². The van der Waals surface area contributed by atoms with Crippen molar-refractivity contribution in [3.63, 3.8) is 0 Å². The van der Waals surface area contributed by atoms with Gasteiger partial charge in [-0.2, -0.15) is 0 Å². The monoisotopic (exact) mass is 362 g/mol. The van der Waals surface area contributed by atoms with E-state index in [1.807, 2.05) is 23.1 Å². The molecule has 1 unspecified atom stereocenters. The van der Waals surface area contributed by atoms with Crippen molar-refractivity contribution in [2.75, 3.05) is 40.5 Å². The van der Waals surface area contributed by atoms with Crippen LogP contribution >= 0.6 is 0 Å². The standard InChI is InChI=1S/C21H34N2O3/c1-17(18-8-5-4-6-9-18)16-20(24)23-13-10-19(11-14-23)21(26-3)22-12-7-15-25-2/h4-6,8-9,17,19,21-22H,7,10-16H2,1-3H3/t17?,21-/m1/s1. The van der Waals surface area contributed by atoms with Crippen molar-refractivity contribution in [2.24, 2.45) is 5.92 Å². The number of amides is 1. The third-order valence-corrected chi connectivity index (χ3v) is 5.29. The lowest BCUT2D eigenvalue weighted by Crippen LogP contribution is -2.46. The third kappa shape index (κ3) is 6.38. The molecule has 0 saturated carbocycles. The number of benzene rings is 1. The van der Waals surface area contributed by atoms with Crippen molar-refractivity contribution in [1.82, 2.24) is 10.2 Å². The molecule has 1 saturated heterocycles. The second-order valence-corrected chi connectivity index (χ2v) is 7.19. The highest BCUT2D eigenvalue weighted by atomic mass is 16.5. The smallest absolute Gasteiger partial charge is 0.223 e. The topological polar surface area (TPSA) is 50.8 Å². The van der Waals surface area contributed by atoms with Crippen molar-refractivity contribution < 1.29 is 14.3 Å². The number of nitrogens with one attached hydrogen (secondary N) is 1. The van der Waals surface area contributed by atoms with Crippen LogP contribution in [0.5, 0.6) is 0 Å². The molecule has 1 amide bonds. The van der Waals surface area contributed by atoms with E-state index in [2.05, 4.69) is 24.4 Å². The molecule has 1 fully saturated rings. The summed E-state index contributed by atoms with van der Waals surface area (Å²) in [7, 11) is 3.48. The second-order valence-electron chi connectivity index (χ2n) is 7.19. The lowest BCUT2D eigenvalue weighted by atomic mass is 9.93. The van der Waals surface area contributed by atoms with Gasteiger partial charge in [0.2, 0.25) is 5.91 Å². The maximum absolute atomic E-state index is 12.6. The van der Waals surface area contributed by atoms with Gasteiger partial charge >= 0.3 is 0 Å². The van der Waals surface area contributed by atoms with Gasteiger partial charge in [0.15, 0.2) is 0 Å². The van der Waals surface area contributed by atoms with Crippen LogP contribution in [0.25, 0.3) is 0 Å². The summed E-state index contributed by atoms with van der Waals surface area (Å²) in [6.07, 6.45) is 3.60. The van der Waals surface area contributed by atoms with Gasteiger partial charge in [-0.05, 0) is 37.3 Å². The van der Waals surface area contributed by atoms with Gasteiger partial charge in [-0.1, -0.05) is 37.3 Å². The lowest BCUT2D eigenvalue weighted by molar-refractivity contribution is -0.133. The predicted octanol–water partition coefficient (Wildman–Crippen LogP) is 3.02. The average molecular weight is 363 g/mol. The van der Waals surface area contributed by atoms with Crippen LogP contribution < -0.4 is 5.32 Å². The molecular formula is C21H34N2O3. The molecule has 1 N–H and O–H groups in total. The Labute approximate surface area is 158 Å². The van der Waals surface area contributed by atoms with Crippen molar-refractivity contribution in [3.05, 3.63) is 35.9 Å². The summed E-state index contributed by atoms with van der Waals surface area (Å²) in [5.74, 6) is 0.982. The number of carbonyl (C=O) groups excluding carboxylic acids is 1. The summed E-state index contributed by atoms with van der Waals surface area (Å²) in [5, 5.41) is 3.47. The molecular weight excluding hydrogens is 328 g/mol. The molecule has 0 radical (unpaired) electrons. The van der Waals surface area contributed by atoms with E-state index in [0.717, 1.165) is 45.5 Å². The highest BCUT2D eigenvalue weighted by Gasteiger charge is 2.28. The molecule has 0 aromatic heterocycles. The Morgan fingerprint density at radius 2 is 1.92 bits per heavy atom. The number of ether oxygens (including phenoxy) is 2. The summed E-state index contributed by atoms with van der Waals surface area (Å²) in [4.78, 5) is 14.7. The van der Waals surface area contributed by atoms with E-state index in [1.165, 1.54) is 5.56 Å². The fourth-order valence-corrected chi connectivity index (χ4v) is 3.65. The molecule has 5 nitrogen and oxygen atoms in total. The average Bonchev–Trinajstić information content (AvgIpc) is 2.69. The van der Waals surface area contributed by atoms with Crippen LogP contribution in [0, 0.1) is 5.92 Å². The van der Waals surface area contributed by atoms with Gasteiger partial charge in [0.25, 0.3) is 0 Å². The normalized spacial score (nSPS) is 17.9. The largest absolute Gasteiger partial charge is 0.385 e. The molecule has 5 heteroatoms. The van der Waals surface area contributed by atoms with Gasteiger partial charge in [0.1, 0.15) is 6.23 Å². The van der Waals surface area contributed by atoms with Gasteiger partial charge in [-0.3, -0.25) is 10.1 Å². The van der Waals surface area contributed by atoms with Crippen LogP contribution in [-0.2, 0) is 14.3 Å². The fraction of sp³-hybridized carbons (Fsp3) is 0.667. The zero-order valence-electron chi connectivity index (χ0n) is 16.4. The molecule has 2 rings (SSSR count). The number of hydrogen-bond acceptors (Lipinski definition) is 4. The van der Waals surface area contributed by atoms with Gasteiger partial charge in [-0.15, -0.1) is 0 Å². The van der Waals surface area contributed by atoms with Crippen LogP contribution in [0.3, 0.4) is 0 Å². The van der Waals surface area contributed by atoms with Gasteiger partial charge in [-0.25, -0.2) is 0 Å². The van der Waals surface area contributed by atoms with Crippen molar-refractivity contribution in [3.8, 4) is 0 Å². The number of piperidine rings is 1. The molecule has 0 aliphatic carbocycles. The molecule has 1 aliphatic heterocycles. The number of methoxy groups -OCH3 is 2. The van der Waals surface area contributed by atoms with E-state index in [-0.39, 0.29) is 18.1 Å². The highest BCUT2D eigenvalue weighted by Crippen LogP contribution is 2.24. The van der Waals surface area contributed by atoms with Crippen LogP contribution in [0.4, 0.5) is 0 Å². The summed E-state index contributed by atoms with van der Waals surface area (Å²) >= 11 is 0. The number of likely N-dealkylation sites (tertiary alicyclic amines) is 1. The Bertz CT molecular complexity index is 515. The second kappa shape index (κ2) is 11.3. The highest BCUT2D eigenvalue weighted by molar-refractivity contribution is 5.77. The van der Waals surface area contributed by atoms with Crippen LogP contribution in [0.2, 0.25) is 0 Å². The Hall–Kier alpha value is -1.43. The van der Waals surface area contributed by atoms with E-state index < -0.39 is 0 Å². The number of carbonyl (C=O) groups is 1. The number of rotatable bonds is 10. The Morgan fingerprint density at radius 1 is 1.23 bits per heavy atom. The number of nitrogens with zero attached hydrogens (tertiary/aromatic N) is 1. The molecule has 0 bridgehead atoms. The predicted molar refractivity (Wildman–Crippen MR) is 104 cm³/mol. The molecule has 2 atom stereocenters. The SMILES string of the molecule is COCCCN[C@H](OC)C1CCN(C(=O)CC(C)c2ccccc2)CC1. The van der Waals surface area contributed by atoms with E-state index in [0.29, 0.717) is 12.3 Å². The first kappa shape index (κ1) is 20.9. The zero-order chi connectivity index (χ0) is 18.8. The minimum Gasteiger partial charge on any atom is -0.385 e. The zero-order valence-corrected chi connectivity index (χ0v) is 16.4. The third-order valence-electron chi connectivity index (χ3n) is 5.29. The summed E-state index contributed by atoms with van der Waals surface area (Å²) in [5.41, 5.74) is 1.23. The van der Waals surface area contributed by atoms with Crippen LogP contribution in [-0.4, -0.2) is 57.5 Å². The quantitative estimate of drug-likeness (QED) is 0.513. The first-order valence-corrected chi connectivity index (χ1v) is 9.73. The van der Waals surface area contributed by atoms with E-state index in [9.17, 15) is 4.79 Å². The first-order chi connectivity index (χ1) is 12.7. The molecule has 26 heavy (non-hydrogen) atoms. The Kier molecular flexibility index (Phi) is 9.09. The minimum atomic E-state index is 0.0624. The number of hydrogen-bond donors (Lipinski definition) is 1. The summed E-state index contributed by atoms with van der Waals surface area (Å²) in [6, 6.07) is 10.3. The van der Waals surface area contributed by atoms with Crippen LogP contribution in [0.15, 0.2) is 30.3 Å². The van der Waals surface area contributed by atoms with Crippen molar-refractivity contribution in [1.29, 1.82) is 0 Å². The van der Waals surface area contributed by atoms with E-state index in [1.54, 1.807) is 14.2 Å². The fourth-order valence-electron chi connectivity index (χ4n) is 3.65. The molecule has 1 aliphatic rings. The first-order valence-electron chi connectivity index (χ1n) is 9.73. The maximum Gasteiger partial charge on any atom is 0.223 e. The molecule has 1 aromatic rings. The van der Waals surface area contributed by atoms with Gasteiger partial charge < -0.3 is 14.4 Å². The Balaban J connectivity index is 1.75. The van der Waals surface area contributed by atoms with Crippen molar-refractivity contribution in [2.45, 2.75) is 44.8 Å². The minimum absolute atomic E-state index is 0.0624. The molecule has 1 heterocycles. The van der Waals surface area contributed by atoms with E-state index >= 15 is 0 Å². The lowest BCUT2D eigenvalue weighted by Gasteiger charge is -2.36. The summed E-state index contributed by atoms with van der Waals surface area (Å²) in [6.45, 7) is 5.43. The maximum atomic E-state index is 12.6.